The molecular formula is C51H102NO11P. The lowest BCUT2D eigenvalue weighted by Crippen LogP contribution is -2.64. The van der Waals surface area contributed by atoms with Crippen LogP contribution >= 0.6 is 7.82 Å². The van der Waals surface area contributed by atoms with E-state index in [2.05, 4.69) is 19.2 Å². The van der Waals surface area contributed by atoms with Gasteiger partial charge in [0.05, 0.1) is 18.8 Å². The molecule has 0 aromatic heterocycles. The number of aliphatic hydroxyl groups is 6. The first-order valence-corrected chi connectivity index (χ1v) is 28.5. The zero-order chi connectivity index (χ0) is 47.1. The summed E-state index contributed by atoms with van der Waals surface area (Å²) in [6, 6.07) is -1.02. The van der Waals surface area contributed by atoms with Gasteiger partial charge in [-0.15, -0.1) is 0 Å². The van der Waals surface area contributed by atoms with Gasteiger partial charge in [-0.1, -0.05) is 245 Å². The molecule has 382 valence electrons. The molecule has 0 heterocycles. The maximum atomic E-state index is 13.0. The van der Waals surface area contributed by atoms with E-state index in [-0.39, 0.29) is 12.3 Å². The molecule has 9 atom stereocenters. The molecule has 1 amide bonds. The number of carbonyl (C=O) groups excluding carboxylic acids is 1. The number of unbranched alkanes of at least 4 members (excludes halogenated alkanes) is 35. The molecule has 8 N–H and O–H groups in total. The van der Waals surface area contributed by atoms with Gasteiger partial charge in [0.1, 0.15) is 36.6 Å². The Morgan fingerprint density at radius 2 is 0.750 bits per heavy atom. The summed E-state index contributed by atoms with van der Waals surface area (Å²) >= 11 is 0. The summed E-state index contributed by atoms with van der Waals surface area (Å²) in [5.41, 5.74) is 0. The molecule has 0 aromatic carbocycles. The molecule has 64 heavy (non-hydrogen) atoms. The van der Waals surface area contributed by atoms with E-state index in [4.69, 9.17) is 9.05 Å². The Bertz CT molecular complexity index is 1090. The normalized spacial score (nSPS) is 22.1. The van der Waals surface area contributed by atoms with Crippen molar-refractivity contribution in [2.45, 2.75) is 313 Å². The molecule has 1 aliphatic rings. The van der Waals surface area contributed by atoms with Crippen molar-refractivity contribution in [2.24, 2.45) is 0 Å². The topological polar surface area (TPSA) is 206 Å². The van der Waals surface area contributed by atoms with Crippen LogP contribution in [0, 0.1) is 0 Å². The van der Waals surface area contributed by atoms with Gasteiger partial charge in [-0.2, -0.15) is 0 Å². The van der Waals surface area contributed by atoms with Crippen molar-refractivity contribution in [1.82, 2.24) is 5.32 Å². The predicted octanol–water partition coefficient (Wildman–Crippen LogP) is 11.4. The van der Waals surface area contributed by atoms with Crippen molar-refractivity contribution in [3.8, 4) is 0 Å². The third kappa shape index (κ3) is 32.2. The van der Waals surface area contributed by atoms with E-state index in [1.165, 1.54) is 186 Å². The van der Waals surface area contributed by atoms with Gasteiger partial charge in [0, 0.05) is 6.42 Å². The first kappa shape index (κ1) is 61.4. The standard InChI is InChI=1S/C51H102NO11P/c1-3-5-7-9-11-13-15-16-17-18-19-20-21-22-23-24-25-26-27-28-29-30-31-33-35-37-39-41-45(54)52-43(44(53)40-38-36-34-32-14-12-10-8-6-4-2)42-62-64(60,61)63-51-49(58)47(56)46(55)48(57)50(51)59/h43-44,46-51,53,55-59H,3-42H2,1-2H3,(H,52,54)(H,60,61)/t43-,44+,46?,47+,48?,49?,50?,51?/m0/s1. The van der Waals surface area contributed by atoms with Crippen LogP contribution in [0.3, 0.4) is 0 Å². The van der Waals surface area contributed by atoms with Crippen LogP contribution in [0.1, 0.15) is 264 Å². The summed E-state index contributed by atoms with van der Waals surface area (Å²) in [6.45, 7) is 3.90. The Morgan fingerprint density at radius 1 is 0.469 bits per heavy atom. The van der Waals surface area contributed by atoms with Crippen molar-refractivity contribution in [2.75, 3.05) is 6.61 Å². The summed E-state index contributed by atoms with van der Waals surface area (Å²) < 4.78 is 23.0. The van der Waals surface area contributed by atoms with E-state index in [0.29, 0.717) is 19.3 Å². The van der Waals surface area contributed by atoms with Crippen LogP contribution < -0.4 is 5.32 Å². The molecule has 1 rings (SSSR count). The highest BCUT2D eigenvalue weighted by atomic mass is 31.2. The van der Waals surface area contributed by atoms with Crippen LogP contribution in [-0.4, -0.2) is 96.8 Å². The van der Waals surface area contributed by atoms with E-state index < -0.39 is 63.2 Å². The number of hydrogen-bond donors (Lipinski definition) is 8. The van der Waals surface area contributed by atoms with Gasteiger partial charge in [-0.25, -0.2) is 4.57 Å². The summed E-state index contributed by atoms with van der Waals surface area (Å²) in [5, 5.41) is 64.2. The molecule has 1 saturated carbocycles. The molecule has 13 heteroatoms. The van der Waals surface area contributed by atoms with Gasteiger partial charge >= 0.3 is 7.82 Å². The van der Waals surface area contributed by atoms with Crippen LogP contribution in [0.25, 0.3) is 0 Å². The molecule has 12 nitrogen and oxygen atoms in total. The monoisotopic (exact) mass is 936 g/mol. The number of hydrogen-bond acceptors (Lipinski definition) is 10. The lowest BCUT2D eigenvalue weighted by molar-refractivity contribution is -0.220. The van der Waals surface area contributed by atoms with Gasteiger partial charge in [-0.05, 0) is 12.8 Å². The molecule has 6 unspecified atom stereocenters. The van der Waals surface area contributed by atoms with E-state index in [0.717, 1.165) is 38.5 Å². The summed E-state index contributed by atoms with van der Waals surface area (Å²) in [7, 11) is -5.05. The third-order valence-corrected chi connectivity index (χ3v) is 14.4. The zero-order valence-corrected chi connectivity index (χ0v) is 42.0. The minimum absolute atomic E-state index is 0.243. The molecule has 0 aliphatic heterocycles. The quantitative estimate of drug-likeness (QED) is 0.0213. The number of aliphatic hydroxyl groups excluding tert-OH is 6. The number of amides is 1. The highest BCUT2D eigenvalue weighted by molar-refractivity contribution is 7.47. The van der Waals surface area contributed by atoms with Crippen molar-refractivity contribution in [1.29, 1.82) is 0 Å². The maximum absolute atomic E-state index is 13.0. The molecule has 0 aromatic rings. The van der Waals surface area contributed by atoms with Crippen LogP contribution in [0.15, 0.2) is 0 Å². The first-order chi connectivity index (χ1) is 30.9. The van der Waals surface area contributed by atoms with Crippen LogP contribution in [0.5, 0.6) is 0 Å². The molecule has 0 spiro atoms. The Labute approximate surface area is 391 Å². The fourth-order valence-corrected chi connectivity index (χ4v) is 10.00. The fourth-order valence-electron chi connectivity index (χ4n) is 9.03. The summed E-state index contributed by atoms with van der Waals surface area (Å²) in [4.78, 5) is 23.4. The predicted molar refractivity (Wildman–Crippen MR) is 260 cm³/mol. The van der Waals surface area contributed by atoms with Crippen molar-refractivity contribution in [3.05, 3.63) is 0 Å². The number of phosphoric acid groups is 1. The number of carbonyl (C=O) groups is 1. The molecule has 0 saturated heterocycles. The third-order valence-electron chi connectivity index (χ3n) is 13.4. The highest BCUT2D eigenvalue weighted by Gasteiger charge is 2.51. The molecular weight excluding hydrogens is 834 g/mol. The molecule has 1 fully saturated rings. The van der Waals surface area contributed by atoms with Crippen molar-refractivity contribution in [3.63, 3.8) is 0 Å². The first-order valence-electron chi connectivity index (χ1n) is 27.0. The largest absolute Gasteiger partial charge is 0.472 e. The van der Waals surface area contributed by atoms with E-state index in [9.17, 15) is 44.9 Å². The van der Waals surface area contributed by atoms with Crippen molar-refractivity contribution >= 4 is 13.7 Å². The molecule has 0 radical (unpaired) electrons. The minimum Gasteiger partial charge on any atom is -0.391 e. The smallest absolute Gasteiger partial charge is 0.391 e. The van der Waals surface area contributed by atoms with Gasteiger partial charge in [0.2, 0.25) is 5.91 Å². The van der Waals surface area contributed by atoms with E-state index in [1.54, 1.807) is 0 Å². The lowest BCUT2D eigenvalue weighted by atomic mass is 9.85. The highest BCUT2D eigenvalue weighted by Crippen LogP contribution is 2.47. The SMILES string of the molecule is CCCCCCCCCCCCCCCCCCCCCCCCCCCCCC(=O)N[C@@H](COP(=O)(O)OC1C(O)C(O)C(O)[C@@H](O)C1O)[C@H](O)CCCCCCCCCCCC. The van der Waals surface area contributed by atoms with Crippen molar-refractivity contribution < 1.29 is 53.9 Å². The Morgan fingerprint density at radius 3 is 1.08 bits per heavy atom. The Kier molecular flexibility index (Phi) is 39.6. The second-order valence-corrected chi connectivity index (χ2v) is 20.8. The second-order valence-electron chi connectivity index (χ2n) is 19.4. The van der Waals surface area contributed by atoms with Crippen LogP contribution in [0.2, 0.25) is 0 Å². The Balaban J connectivity index is 2.23. The summed E-state index contributed by atoms with van der Waals surface area (Å²) in [6.07, 6.45) is 34.5. The van der Waals surface area contributed by atoms with Gasteiger partial charge < -0.3 is 40.8 Å². The number of phosphoric ester groups is 1. The van der Waals surface area contributed by atoms with Gasteiger partial charge in [0.15, 0.2) is 0 Å². The number of rotatable bonds is 46. The zero-order valence-electron chi connectivity index (χ0n) is 41.1. The van der Waals surface area contributed by atoms with E-state index in [1.807, 2.05) is 0 Å². The number of nitrogens with one attached hydrogen (secondary N) is 1. The Hall–Kier alpha value is -0.660. The van der Waals surface area contributed by atoms with E-state index >= 15 is 0 Å². The lowest BCUT2D eigenvalue weighted by Gasteiger charge is -2.41. The fraction of sp³-hybridized carbons (Fsp3) is 0.980. The van der Waals surface area contributed by atoms with Gasteiger partial charge in [-0.3, -0.25) is 13.8 Å². The second kappa shape index (κ2) is 41.3. The maximum Gasteiger partial charge on any atom is 0.472 e. The van der Waals surface area contributed by atoms with Gasteiger partial charge in [0.25, 0.3) is 0 Å². The average Bonchev–Trinajstić information content (AvgIpc) is 3.28. The average molecular weight is 936 g/mol. The molecule has 0 bridgehead atoms. The minimum atomic E-state index is -5.05. The van der Waals surface area contributed by atoms with Crippen LogP contribution in [-0.2, 0) is 18.4 Å². The van der Waals surface area contributed by atoms with Crippen LogP contribution in [0.4, 0.5) is 0 Å². The molecule has 1 aliphatic carbocycles. The summed E-state index contributed by atoms with van der Waals surface area (Å²) in [5.74, 6) is -0.303.